The number of halogens is 1. The molecule has 0 unspecified atom stereocenters. The second-order valence-electron chi connectivity index (χ2n) is 5.24. The Balaban J connectivity index is 2.21. The summed E-state index contributed by atoms with van der Waals surface area (Å²) >= 11 is 5.98. The number of benzene rings is 2. The van der Waals surface area contributed by atoms with Crippen molar-refractivity contribution in [2.24, 2.45) is 0 Å². The van der Waals surface area contributed by atoms with Crippen molar-refractivity contribution in [3.63, 3.8) is 0 Å². The summed E-state index contributed by atoms with van der Waals surface area (Å²) in [5.74, 6) is 0.154. The summed E-state index contributed by atoms with van der Waals surface area (Å²) in [6.07, 6.45) is 1.95. The Morgan fingerprint density at radius 2 is 1.83 bits per heavy atom. The van der Waals surface area contributed by atoms with E-state index in [0.717, 1.165) is 12.7 Å². The van der Waals surface area contributed by atoms with Gasteiger partial charge in [0, 0.05) is 16.8 Å². The molecule has 0 saturated heterocycles. The maximum atomic E-state index is 12.4. The maximum Gasteiger partial charge on any atom is 0.255 e. The van der Waals surface area contributed by atoms with Crippen LogP contribution in [0.3, 0.4) is 0 Å². The van der Waals surface area contributed by atoms with E-state index in [2.05, 4.69) is 5.32 Å². The predicted molar refractivity (Wildman–Crippen MR) is 94.7 cm³/mol. The minimum absolute atomic E-state index is 0.161. The van der Waals surface area contributed by atoms with E-state index in [1.807, 2.05) is 6.92 Å². The quantitative estimate of drug-likeness (QED) is 0.843. The first-order valence-electron chi connectivity index (χ1n) is 7.35. The van der Waals surface area contributed by atoms with Crippen LogP contribution in [0.25, 0.3) is 0 Å². The van der Waals surface area contributed by atoms with Crippen molar-refractivity contribution in [2.75, 3.05) is 18.2 Å². The maximum absolute atomic E-state index is 12.4. The van der Waals surface area contributed by atoms with Crippen molar-refractivity contribution in [1.82, 2.24) is 0 Å². The largest absolute Gasteiger partial charge is 0.491 e. The highest BCUT2D eigenvalue weighted by atomic mass is 35.5. The van der Waals surface area contributed by atoms with Crippen LogP contribution in [0.2, 0.25) is 5.02 Å². The standard InChI is InChI=1S/C17H18ClNO4S/c1-3-10-23-16-9-6-13(18)11-15(16)19-17(20)12-4-7-14(8-5-12)24(2,21)22/h4-9,11H,3,10H2,1-2H3,(H,19,20). The van der Waals surface area contributed by atoms with Crippen LogP contribution in [0.1, 0.15) is 23.7 Å². The van der Waals surface area contributed by atoms with Gasteiger partial charge in [0.1, 0.15) is 5.75 Å². The first-order chi connectivity index (χ1) is 11.3. The van der Waals surface area contributed by atoms with Crippen LogP contribution in [0.4, 0.5) is 5.69 Å². The van der Waals surface area contributed by atoms with Gasteiger partial charge in [-0.15, -0.1) is 0 Å². The highest BCUT2D eigenvalue weighted by Crippen LogP contribution is 2.28. The van der Waals surface area contributed by atoms with Crippen molar-refractivity contribution >= 4 is 33.0 Å². The molecular weight excluding hydrogens is 350 g/mol. The number of nitrogens with one attached hydrogen (secondary N) is 1. The summed E-state index contributed by atoms with van der Waals surface area (Å²) in [5, 5.41) is 3.21. The molecule has 0 atom stereocenters. The molecule has 24 heavy (non-hydrogen) atoms. The number of hydrogen-bond acceptors (Lipinski definition) is 4. The third-order valence-electron chi connectivity index (χ3n) is 3.20. The molecule has 128 valence electrons. The van der Waals surface area contributed by atoms with Crippen LogP contribution in [-0.2, 0) is 9.84 Å². The molecule has 2 aromatic carbocycles. The Bertz CT molecular complexity index is 832. The van der Waals surface area contributed by atoms with E-state index in [4.69, 9.17) is 16.3 Å². The smallest absolute Gasteiger partial charge is 0.255 e. The molecule has 0 radical (unpaired) electrons. The summed E-state index contributed by atoms with van der Waals surface area (Å²) in [4.78, 5) is 12.5. The van der Waals surface area contributed by atoms with Gasteiger partial charge in [-0.1, -0.05) is 18.5 Å². The van der Waals surface area contributed by atoms with Crippen LogP contribution in [0, 0.1) is 0 Å². The molecule has 0 fully saturated rings. The van der Waals surface area contributed by atoms with E-state index in [1.165, 1.54) is 24.3 Å². The van der Waals surface area contributed by atoms with Crippen molar-refractivity contribution in [2.45, 2.75) is 18.2 Å². The van der Waals surface area contributed by atoms with Crippen molar-refractivity contribution in [1.29, 1.82) is 0 Å². The van der Waals surface area contributed by atoms with Gasteiger partial charge in [0.2, 0.25) is 0 Å². The van der Waals surface area contributed by atoms with Crippen LogP contribution in [-0.4, -0.2) is 27.2 Å². The number of sulfone groups is 1. The number of amides is 1. The average Bonchev–Trinajstić information content (AvgIpc) is 2.53. The summed E-state index contributed by atoms with van der Waals surface area (Å²) < 4.78 is 28.5. The van der Waals surface area contributed by atoms with E-state index < -0.39 is 9.84 Å². The fourth-order valence-electron chi connectivity index (χ4n) is 1.99. The van der Waals surface area contributed by atoms with Gasteiger partial charge in [0.15, 0.2) is 9.84 Å². The monoisotopic (exact) mass is 367 g/mol. The van der Waals surface area contributed by atoms with Gasteiger partial charge >= 0.3 is 0 Å². The van der Waals surface area contributed by atoms with E-state index >= 15 is 0 Å². The highest BCUT2D eigenvalue weighted by Gasteiger charge is 2.13. The molecular formula is C17H18ClNO4S. The fourth-order valence-corrected chi connectivity index (χ4v) is 2.79. The number of carbonyl (C=O) groups is 1. The molecule has 0 aromatic heterocycles. The molecule has 0 aliphatic carbocycles. The minimum atomic E-state index is -3.30. The summed E-state index contributed by atoms with van der Waals surface area (Å²) in [6.45, 7) is 2.51. The molecule has 0 heterocycles. The van der Waals surface area contributed by atoms with Crippen molar-refractivity contribution in [3.05, 3.63) is 53.1 Å². The molecule has 1 N–H and O–H groups in total. The topological polar surface area (TPSA) is 72.5 Å². The summed E-state index contributed by atoms with van der Waals surface area (Å²) in [7, 11) is -3.30. The Kier molecular flexibility index (Phi) is 5.85. The number of carbonyl (C=O) groups excluding carboxylic acids is 1. The first kappa shape index (κ1) is 18.3. The molecule has 0 bridgehead atoms. The lowest BCUT2D eigenvalue weighted by molar-refractivity contribution is 0.102. The van der Waals surface area contributed by atoms with Gasteiger partial charge in [-0.25, -0.2) is 8.42 Å². The van der Waals surface area contributed by atoms with E-state index in [9.17, 15) is 13.2 Å². The molecule has 0 aliphatic heterocycles. The minimum Gasteiger partial charge on any atom is -0.491 e. The molecule has 0 saturated carbocycles. The molecule has 2 aromatic rings. The van der Waals surface area contributed by atoms with Gasteiger partial charge in [-0.3, -0.25) is 4.79 Å². The SMILES string of the molecule is CCCOc1ccc(Cl)cc1NC(=O)c1ccc(S(C)(=O)=O)cc1. The van der Waals surface area contributed by atoms with Crippen LogP contribution in [0.5, 0.6) is 5.75 Å². The Morgan fingerprint density at radius 3 is 2.42 bits per heavy atom. The summed E-state index contributed by atoms with van der Waals surface area (Å²) in [6, 6.07) is 10.7. The van der Waals surface area contributed by atoms with Gasteiger partial charge < -0.3 is 10.1 Å². The average molecular weight is 368 g/mol. The van der Waals surface area contributed by atoms with Crippen LogP contribution < -0.4 is 10.1 Å². The second kappa shape index (κ2) is 7.68. The zero-order valence-corrected chi connectivity index (χ0v) is 14.9. The third-order valence-corrected chi connectivity index (χ3v) is 4.56. The lowest BCUT2D eigenvalue weighted by atomic mass is 10.2. The Hall–Kier alpha value is -2.05. The van der Waals surface area contributed by atoms with E-state index in [1.54, 1.807) is 18.2 Å². The zero-order chi connectivity index (χ0) is 17.7. The van der Waals surface area contributed by atoms with E-state index in [0.29, 0.717) is 28.6 Å². The fraction of sp³-hybridized carbons (Fsp3) is 0.235. The molecule has 7 heteroatoms. The van der Waals surface area contributed by atoms with E-state index in [-0.39, 0.29) is 10.8 Å². The second-order valence-corrected chi connectivity index (χ2v) is 7.69. The Labute approximate surface area is 146 Å². The van der Waals surface area contributed by atoms with Gasteiger partial charge in [0.25, 0.3) is 5.91 Å². The normalized spacial score (nSPS) is 11.1. The number of hydrogen-bond donors (Lipinski definition) is 1. The molecule has 1 amide bonds. The number of ether oxygens (including phenoxy) is 1. The lowest BCUT2D eigenvalue weighted by Crippen LogP contribution is -2.13. The zero-order valence-electron chi connectivity index (χ0n) is 13.4. The molecule has 0 aliphatic rings. The first-order valence-corrected chi connectivity index (χ1v) is 9.62. The molecule has 0 spiro atoms. The number of rotatable bonds is 6. The van der Waals surface area contributed by atoms with Crippen LogP contribution in [0.15, 0.2) is 47.4 Å². The Morgan fingerprint density at radius 1 is 1.17 bits per heavy atom. The molecule has 5 nitrogen and oxygen atoms in total. The summed E-state index contributed by atoms with van der Waals surface area (Å²) in [5.41, 5.74) is 0.803. The molecule has 2 rings (SSSR count). The number of anilines is 1. The van der Waals surface area contributed by atoms with Crippen molar-refractivity contribution < 1.29 is 17.9 Å². The third kappa shape index (κ3) is 4.72. The predicted octanol–water partition coefficient (Wildman–Crippen LogP) is 3.78. The highest BCUT2D eigenvalue weighted by molar-refractivity contribution is 7.90. The van der Waals surface area contributed by atoms with Crippen molar-refractivity contribution in [3.8, 4) is 5.75 Å². The van der Waals surface area contributed by atoms with Gasteiger partial charge in [-0.2, -0.15) is 0 Å². The van der Waals surface area contributed by atoms with Gasteiger partial charge in [-0.05, 0) is 48.9 Å². The van der Waals surface area contributed by atoms with Crippen LogP contribution >= 0.6 is 11.6 Å². The lowest BCUT2D eigenvalue weighted by Gasteiger charge is -2.12. The van der Waals surface area contributed by atoms with Gasteiger partial charge in [0.05, 0.1) is 17.2 Å².